The molecule has 0 radical (unpaired) electrons. The van der Waals surface area contributed by atoms with Crippen LogP contribution in [0.5, 0.6) is 0 Å². The number of hydrogen-bond acceptors (Lipinski definition) is 5. The fraction of sp³-hybridized carbons (Fsp3) is 0.217. The molecule has 28 heavy (non-hydrogen) atoms. The van der Waals surface area contributed by atoms with Crippen molar-refractivity contribution in [2.24, 2.45) is 0 Å². The Morgan fingerprint density at radius 1 is 0.857 bits per heavy atom. The number of hydrogen-bond donors (Lipinski definition) is 0. The van der Waals surface area contributed by atoms with Gasteiger partial charge in [-0.1, -0.05) is 36.4 Å². The van der Waals surface area contributed by atoms with E-state index in [4.69, 9.17) is 9.47 Å². The van der Waals surface area contributed by atoms with Gasteiger partial charge in [0.1, 0.15) is 0 Å². The van der Waals surface area contributed by atoms with Crippen molar-refractivity contribution in [2.75, 3.05) is 19.1 Å². The Kier molecular flexibility index (Phi) is 5.64. The van der Waals surface area contributed by atoms with Crippen LogP contribution in [0, 0.1) is 13.8 Å². The van der Waals surface area contributed by atoms with Gasteiger partial charge in [0.05, 0.1) is 31.4 Å². The first-order valence-corrected chi connectivity index (χ1v) is 8.97. The second-order valence-corrected chi connectivity index (χ2v) is 6.71. The Morgan fingerprint density at radius 3 is 2.00 bits per heavy atom. The molecule has 0 aliphatic carbocycles. The Labute approximate surface area is 164 Å². The summed E-state index contributed by atoms with van der Waals surface area (Å²) in [6, 6.07) is 15.7. The fourth-order valence-electron chi connectivity index (χ4n) is 3.42. The maximum atomic E-state index is 12.4. The van der Waals surface area contributed by atoms with E-state index in [0.717, 1.165) is 22.4 Å². The van der Waals surface area contributed by atoms with E-state index in [2.05, 4.69) is 6.07 Å². The molecular formula is C23H23NO4. The lowest BCUT2D eigenvalue weighted by molar-refractivity contribution is -0.139. The van der Waals surface area contributed by atoms with Gasteiger partial charge in [0.25, 0.3) is 0 Å². The predicted molar refractivity (Wildman–Crippen MR) is 108 cm³/mol. The van der Waals surface area contributed by atoms with Crippen LogP contribution in [-0.4, -0.2) is 26.2 Å². The summed E-state index contributed by atoms with van der Waals surface area (Å²) in [6.45, 7) is 4.05. The van der Waals surface area contributed by atoms with Crippen LogP contribution < -0.4 is 4.90 Å². The molecule has 144 valence electrons. The van der Waals surface area contributed by atoms with Crippen LogP contribution in [0.4, 0.5) is 5.69 Å². The molecule has 2 aromatic carbocycles. The van der Waals surface area contributed by atoms with Crippen LogP contribution in [0.25, 0.3) is 0 Å². The summed E-state index contributed by atoms with van der Waals surface area (Å²) in [6.07, 6.45) is 3.43. The highest BCUT2D eigenvalue weighted by Crippen LogP contribution is 2.36. The number of carbonyl (C=O) groups excluding carboxylic acids is 2. The topological polar surface area (TPSA) is 55.8 Å². The SMILES string of the molecule is COC(=O)C1=CC(c2ccccc2)N(c2cc(C)cc(C)c2)C=C1C(=O)OC. The number of esters is 2. The van der Waals surface area contributed by atoms with Crippen LogP contribution in [0.1, 0.15) is 22.7 Å². The van der Waals surface area contributed by atoms with Gasteiger partial charge in [0.2, 0.25) is 0 Å². The molecule has 0 saturated carbocycles. The zero-order chi connectivity index (χ0) is 20.3. The van der Waals surface area contributed by atoms with Crippen molar-refractivity contribution in [2.45, 2.75) is 19.9 Å². The smallest absolute Gasteiger partial charge is 0.340 e. The molecule has 5 heteroatoms. The van der Waals surface area contributed by atoms with E-state index in [1.807, 2.05) is 61.2 Å². The number of nitrogens with zero attached hydrogens (tertiary/aromatic N) is 1. The monoisotopic (exact) mass is 377 g/mol. The number of benzene rings is 2. The summed E-state index contributed by atoms with van der Waals surface area (Å²) in [5, 5.41) is 0. The highest BCUT2D eigenvalue weighted by atomic mass is 16.5. The predicted octanol–water partition coefficient (Wildman–Crippen LogP) is 4.02. The van der Waals surface area contributed by atoms with Gasteiger partial charge in [-0.15, -0.1) is 0 Å². The Morgan fingerprint density at radius 2 is 1.43 bits per heavy atom. The third-order valence-corrected chi connectivity index (χ3v) is 4.64. The zero-order valence-electron chi connectivity index (χ0n) is 16.4. The molecule has 1 aliphatic rings. The first-order chi connectivity index (χ1) is 13.4. The average molecular weight is 377 g/mol. The summed E-state index contributed by atoms with van der Waals surface area (Å²) >= 11 is 0. The second-order valence-electron chi connectivity index (χ2n) is 6.71. The molecule has 3 rings (SSSR count). The quantitative estimate of drug-likeness (QED) is 0.753. The Hall–Kier alpha value is -3.34. The molecule has 0 bridgehead atoms. The van der Waals surface area contributed by atoms with Crippen LogP contribution in [0.3, 0.4) is 0 Å². The van der Waals surface area contributed by atoms with E-state index in [1.165, 1.54) is 14.2 Å². The van der Waals surface area contributed by atoms with Crippen molar-refractivity contribution in [3.8, 4) is 0 Å². The van der Waals surface area contributed by atoms with Crippen molar-refractivity contribution >= 4 is 17.6 Å². The van der Waals surface area contributed by atoms with Crippen molar-refractivity contribution in [3.63, 3.8) is 0 Å². The third-order valence-electron chi connectivity index (χ3n) is 4.64. The Balaban J connectivity index is 2.21. The lowest BCUT2D eigenvalue weighted by atomic mass is 9.94. The van der Waals surface area contributed by atoms with E-state index in [0.29, 0.717) is 0 Å². The van der Waals surface area contributed by atoms with E-state index >= 15 is 0 Å². The number of anilines is 1. The molecule has 0 N–H and O–H groups in total. The van der Waals surface area contributed by atoms with Gasteiger partial charge in [-0.2, -0.15) is 0 Å². The van der Waals surface area contributed by atoms with Gasteiger partial charge in [0.15, 0.2) is 0 Å². The van der Waals surface area contributed by atoms with Crippen LogP contribution in [0.15, 0.2) is 72.0 Å². The maximum Gasteiger partial charge on any atom is 0.340 e. The molecule has 2 aromatic rings. The third kappa shape index (κ3) is 3.83. The van der Waals surface area contributed by atoms with Crippen molar-refractivity contribution < 1.29 is 19.1 Å². The summed E-state index contributed by atoms with van der Waals surface area (Å²) < 4.78 is 9.81. The van der Waals surface area contributed by atoms with Crippen molar-refractivity contribution in [1.29, 1.82) is 0 Å². The highest BCUT2D eigenvalue weighted by molar-refractivity contribution is 6.08. The normalized spacial score (nSPS) is 16.1. The second kappa shape index (κ2) is 8.13. The molecular weight excluding hydrogens is 354 g/mol. The average Bonchev–Trinajstić information content (AvgIpc) is 2.71. The highest BCUT2D eigenvalue weighted by Gasteiger charge is 2.32. The van der Waals surface area contributed by atoms with Gasteiger partial charge in [-0.25, -0.2) is 9.59 Å². The minimum atomic E-state index is -0.586. The van der Waals surface area contributed by atoms with Gasteiger partial charge in [0, 0.05) is 11.9 Å². The summed E-state index contributed by atoms with van der Waals surface area (Å²) in [5.41, 5.74) is 4.50. The molecule has 0 saturated heterocycles. The lowest BCUT2D eigenvalue weighted by Crippen LogP contribution is -2.30. The fourth-order valence-corrected chi connectivity index (χ4v) is 3.42. The van der Waals surface area contributed by atoms with E-state index in [1.54, 1.807) is 12.3 Å². The van der Waals surface area contributed by atoms with Crippen LogP contribution in [0.2, 0.25) is 0 Å². The van der Waals surface area contributed by atoms with Gasteiger partial charge in [-0.05, 0) is 48.7 Å². The van der Waals surface area contributed by atoms with Crippen molar-refractivity contribution in [3.05, 3.63) is 88.6 Å². The van der Waals surface area contributed by atoms with E-state index < -0.39 is 11.9 Å². The molecule has 0 aromatic heterocycles. The minimum absolute atomic E-state index is 0.167. The number of aryl methyl sites for hydroxylation is 2. The zero-order valence-corrected chi connectivity index (χ0v) is 16.4. The van der Waals surface area contributed by atoms with Crippen LogP contribution in [-0.2, 0) is 19.1 Å². The number of methoxy groups -OCH3 is 2. The Bertz CT molecular complexity index is 940. The molecule has 1 heterocycles. The summed E-state index contributed by atoms with van der Waals surface area (Å²) in [5.74, 6) is -1.16. The maximum absolute atomic E-state index is 12.4. The number of rotatable bonds is 4. The molecule has 1 atom stereocenters. The minimum Gasteiger partial charge on any atom is -0.465 e. The summed E-state index contributed by atoms with van der Waals surface area (Å²) in [7, 11) is 2.59. The van der Waals surface area contributed by atoms with E-state index in [9.17, 15) is 9.59 Å². The molecule has 0 amide bonds. The number of carbonyl (C=O) groups is 2. The molecule has 5 nitrogen and oxygen atoms in total. The van der Waals surface area contributed by atoms with Gasteiger partial charge in [-0.3, -0.25) is 0 Å². The molecule has 0 spiro atoms. The molecule has 1 unspecified atom stereocenters. The van der Waals surface area contributed by atoms with E-state index in [-0.39, 0.29) is 17.2 Å². The lowest BCUT2D eigenvalue weighted by Gasteiger charge is -2.34. The van der Waals surface area contributed by atoms with Crippen LogP contribution >= 0.6 is 0 Å². The standard InChI is InChI=1S/C23H23NO4/c1-15-10-16(2)12-18(11-15)24-14-20(23(26)28-4)19(22(25)27-3)13-21(24)17-8-6-5-7-9-17/h5-14,21H,1-4H3. The van der Waals surface area contributed by atoms with Gasteiger partial charge >= 0.3 is 11.9 Å². The first-order valence-electron chi connectivity index (χ1n) is 8.97. The van der Waals surface area contributed by atoms with Gasteiger partial charge < -0.3 is 14.4 Å². The molecule has 1 aliphatic heterocycles. The first kappa shape index (κ1) is 19.4. The van der Waals surface area contributed by atoms with Crippen molar-refractivity contribution in [1.82, 2.24) is 0 Å². The number of ether oxygens (including phenoxy) is 2. The molecule has 0 fully saturated rings. The summed E-state index contributed by atoms with van der Waals surface area (Å²) in [4.78, 5) is 26.7. The largest absolute Gasteiger partial charge is 0.465 e.